The maximum absolute atomic E-state index is 11.3. The number of carboxylic acid groups (broad SMARTS) is 1. The maximum Gasteiger partial charge on any atom is 0.323 e. The number of rotatable bonds is 3. The molecule has 15 heavy (non-hydrogen) atoms. The second kappa shape index (κ2) is 4.82. The molecule has 1 aromatic rings. The number of anilines is 1. The van der Waals surface area contributed by atoms with Crippen LogP contribution in [-0.4, -0.2) is 23.5 Å². The van der Waals surface area contributed by atoms with Crippen molar-refractivity contribution in [1.82, 2.24) is 0 Å². The van der Waals surface area contributed by atoms with Crippen molar-refractivity contribution >= 4 is 17.6 Å². The van der Waals surface area contributed by atoms with Crippen molar-refractivity contribution in [1.29, 1.82) is 0 Å². The molecule has 0 unspecified atom stereocenters. The van der Waals surface area contributed by atoms with Crippen LogP contribution >= 0.6 is 0 Å². The molecule has 0 aliphatic rings. The third-order valence-corrected chi connectivity index (χ3v) is 1.73. The fraction of sp³-hybridized carbons (Fsp3) is 0.0909. The SMILES string of the molecule is C#CC(=O)N(CC(=O)O)c1ccccc1. The molecule has 0 spiro atoms. The van der Waals surface area contributed by atoms with Gasteiger partial charge in [-0.05, 0) is 18.1 Å². The Morgan fingerprint density at radius 1 is 1.33 bits per heavy atom. The highest BCUT2D eigenvalue weighted by Gasteiger charge is 2.16. The van der Waals surface area contributed by atoms with Crippen molar-refractivity contribution in [2.75, 3.05) is 11.4 Å². The van der Waals surface area contributed by atoms with Gasteiger partial charge in [-0.25, -0.2) is 0 Å². The summed E-state index contributed by atoms with van der Waals surface area (Å²) in [4.78, 5) is 22.8. The van der Waals surface area contributed by atoms with Gasteiger partial charge in [0.1, 0.15) is 6.54 Å². The van der Waals surface area contributed by atoms with E-state index in [2.05, 4.69) is 0 Å². The fourth-order valence-corrected chi connectivity index (χ4v) is 1.10. The van der Waals surface area contributed by atoms with Crippen LogP contribution in [0.2, 0.25) is 0 Å². The minimum absolute atomic E-state index is 0.437. The first-order valence-corrected chi connectivity index (χ1v) is 4.20. The van der Waals surface area contributed by atoms with Crippen molar-refractivity contribution in [3.8, 4) is 12.3 Å². The molecule has 1 rings (SSSR count). The molecule has 0 saturated carbocycles. The molecule has 0 bridgehead atoms. The summed E-state index contributed by atoms with van der Waals surface area (Å²) in [6.45, 7) is -0.437. The zero-order valence-electron chi connectivity index (χ0n) is 7.88. The summed E-state index contributed by atoms with van der Waals surface area (Å²) in [6, 6.07) is 8.42. The molecule has 0 aromatic heterocycles. The van der Waals surface area contributed by atoms with E-state index in [0.29, 0.717) is 5.69 Å². The number of benzene rings is 1. The third kappa shape index (κ3) is 2.85. The number of amides is 1. The monoisotopic (exact) mass is 203 g/mol. The van der Waals surface area contributed by atoms with Crippen LogP contribution in [0.15, 0.2) is 30.3 Å². The average molecular weight is 203 g/mol. The summed E-state index contributed by atoms with van der Waals surface area (Å²) < 4.78 is 0. The van der Waals surface area contributed by atoms with E-state index in [4.69, 9.17) is 11.5 Å². The summed E-state index contributed by atoms with van der Waals surface area (Å²) in [7, 11) is 0. The Kier molecular flexibility index (Phi) is 3.47. The minimum Gasteiger partial charge on any atom is -0.480 e. The number of terminal acetylenes is 1. The molecule has 1 aromatic carbocycles. The molecule has 0 aliphatic heterocycles. The van der Waals surface area contributed by atoms with Crippen LogP contribution in [0.4, 0.5) is 5.69 Å². The van der Waals surface area contributed by atoms with Crippen molar-refractivity contribution in [3.63, 3.8) is 0 Å². The van der Waals surface area contributed by atoms with Gasteiger partial charge >= 0.3 is 11.9 Å². The first-order chi connectivity index (χ1) is 7.15. The Bertz CT molecular complexity index is 406. The predicted octanol–water partition coefficient (Wildman–Crippen LogP) is 0.737. The second-order valence-corrected chi connectivity index (χ2v) is 2.76. The number of hydrogen-bond acceptors (Lipinski definition) is 2. The second-order valence-electron chi connectivity index (χ2n) is 2.76. The van der Waals surface area contributed by atoms with Gasteiger partial charge in [0.25, 0.3) is 0 Å². The van der Waals surface area contributed by atoms with Crippen LogP contribution in [0.25, 0.3) is 0 Å². The first-order valence-electron chi connectivity index (χ1n) is 4.20. The Balaban J connectivity index is 2.97. The molecule has 0 aliphatic carbocycles. The van der Waals surface area contributed by atoms with Crippen LogP contribution in [0.3, 0.4) is 0 Å². The number of nitrogens with zero attached hydrogens (tertiary/aromatic N) is 1. The number of carboxylic acids is 1. The van der Waals surface area contributed by atoms with Gasteiger partial charge in [-0.2, -0.15) is 0 Å². The molecule has 0 heterocycles. The minimum atomic E-state index is -1.11. The Labute approximate surface area is 87.1 Å². The lowest BCUT2D eigenvalue weighted by molar-refractivity contribution is -0.136. The van der Waals surface area contributed by atoms with Gasteiger partial charge in [0, 0.05) is 5.69 Å². The normalized spacial score (nSPS) is 9.00. The summed E-state index contributed by atoms with van der Waals surface area (Å²) in [5, 5.41) is 8.63. The van der Waals surface area contributed by atoms with Gasteiger partial charge in [0.05, 0.1) is 0 Å². The lowest BCUT2D eigenvalue weighted by Gasteiger charge is -2.17. The van der Waals surface area contributed by atoms with E-state index >= 15 is 0 Å². The van der Waals surface area contributed by atoms with Gasteiger partial charge in [-0.1, -0.05) is 18.2 Å². The van der Waals surface area contributed by atoms with Crippen LogP contribution in [0, 0.1) is 12.3 Å². The summed E-state index contributed by atoms with van der Waals surface area (Å²) in [5.74, 6) is 0.120. The van der Waals surface area contributed by atoms with Crippen LogP contribution in [-0.2, 0) is 9.59 Å². The molecule has 0 saturated heterocycles. The molecule has 0 fully saturated rings. The van der Waals surface area contributed by atoms with E-state index in [9.17, 15) is 9.59 Å². The van der Waals surface area contributed by atoms with E-state index in [-0.39, 0.29) is 0 Å². The number of aliphatic carboxylic acids is 1. The van der Waals surface area contributed by atoms with Crippen molar-refractivity contribution in [2.45, 2.75) is 0 Å². The first kappa shape index (κ1) is 10.8. The van der Waals surface area contributed by atoms with Crippen molar-refractivity contribution in [3.05, 3.63) is 30.3 Å². The molecule has 0 radical (unpaired) electrons. The van der Waals surface area contributed by atoms with Gasteiger partial charge in [0.2, 0.25) is 0 Å². The molecule has 4 nitrogen and oxygen atoms in total. The Hall–Kier alpha value is -2.28. The van der Waals surface area contributed by atoms with Gasteiger partial charge in [-0.15, -0.1) is 6.42 Å². The summed E-state index contributed by atoms with van der Waals surface area (Å²) >= 11 is 0. The van der Waals surface area contributed by atoms with Crippen LogP contribution < -0.4 is 4.90 Å². The lowest BCUT2D eigenvalue weighted by atomic mass is 10.3. The molecule has 76 valence electrons. The smallest absolute Gasteiger partial charge is 0.323 e. The van der Waals surface area contributed by atoms with E-state index < -0.39 is 18.4 Å². The fourth-order valence-electron chi connectivity index (χ4n) is 1.10. The summed E-state index contributed by atoms with van der Waals surface area (Å²) in [6.07, 6.45) is 4.95. The highest BCUT2D eigenvalue weighted by atomic mass is 16.4. The van der Waals surface area contributed by atoms with E-state index in [1.807, 2.05) is 5.92 Å². The molecular formula is C11H9NO3. The molecule has 1 N–H and O–H groups in total. The van der Waals surface area contributed by atoms with Crippen molar-refractivity contribution < 1.29 is 14.7 Å². The van der Waals surface area contributed by atoms with E-state index in [1.165, 1.54) is 0 Å². The zero-order valence-corrected chi connectivity index (χ0v) is 7.88. The molecular weight excluding hydrogens is 194 g/mol. The Morgan fingerprint density at radius 2 is 1.93 bits per heavy atom. The van der Waals surface area contributed by atoms with E-state index in [0.717, 1.165) is 4.90 Å². The van der Waals surface area contributed by atoms with Gasteiger partial charge in [0.15, 0.2) is 0 Å². The molecule has 4 heteroatoms. The van der Waals surface area contributed by atoms with Gasteiger partial charge < -0.3 is 5.11 Å². The third-order valence-electron chi connectivity index (χ3n) is 1.73. The topological polar surface area (TPSA) is 57.6 Å². The lowest BCUT2D eigenvalue weighted by Crippen LogP contribution is -2.34. The highest BCUT2D eigenvalue weighted by Crippen LogP contribution is 2.12. The summed E-state index contributed by atoms with van der Waals surface area (Å²) in [5.41, 5.74) is 0.475. The number of para-hydroxylation sites is 1. The highest BCUT2D eigenvalue weighted by molar-refractivity contribution is 6.07. The molecule has 1 amide bonds. The quantitative estimate of drug-likeness (QED) is 0.737. The van der Waals surface area contributed by atoms with Crippen LogP contribution in [0.5, 0.6) is 0 Å². The van der Waals surface area contributed by atoms with Crippen LogP contribution in [0.1, 0.15) is 0 Å². The maximum atomic E-state index is 11.3. The van der Waals surface area contributed by atoms with E-state index in [1.54, 1.807) is 30.3 Å². The van der Waals surface area contributed by atoms with Gasteiger partial charge in [-0.3, -0.25) is 14.5 Å². The number of hydrogen-bond donors (Lipinski definition) is 1. The number of carbonyl (C=O) groups is 2. The van der Waals surface area contributed by atoms with Crippen molar-refractivity contribution in [2.24, 2.45) is 0 Å². The standard InChI is InChI=1S/C11H9NO3/c1-2-10(13)12(8-11(14)15)9-6-4-3-5-7-9/h1,3-7H,8H2,(H,14,15). The number of carbonyl (C=O) groups excluding carboxylic acids is 1. The Morgan fingerprint density at radius 3 is 2.40 bits per heavy atom. The zero-order chi connectivity index (χ0) is 11.3. The average Bonchev–Trinajstić information content (AvgIpc) is 2.26. The predicted molar refractivity (Wildman–Crippen MR) is 55.3 cm³/mol. The molecule has 0 atom stereocenters. The largest absolute Gasteiger partial charge is 0.480 e.